The molecule has 7 heteroatoms. The van der Waals surface area contributed by atoms with Crippen LogP contribution in [0.3, 0.4) is 0 Å². The van der Waals surface area contributed by atoms with Crippen LogP contribution in [0.1, 0.15) is 25.8 Å². The van der Waals surface area contributed by atoms with Crippen molar-refractivity contribution >= 4 is 11.9 Å². The molecule has 7 nitrogen and oxygen atoms in total. The van der Waals surface area contributed by atoms with Crippen LogP contribution in [-0.4, -0.2) is 38.2 Å². The van der Waals surface area contributed by atoms with E-state index >= 15 is 0 Å². The Labute approximate surface area is 135 Å². The predicted octanol–water partition coefficient (Wildman–Crippen LogP) is 1.40. The van der Waals surface area contributed by atoms with E-state index in [1.54, 1.807) is 26.0 Å². The second-order valence-electron chi connectivity index (χ2n) is 4.99. The van der Waals surface area contributed by atoms with E-state index in [0.717, 1.165) is 0 Å². The highest BCUT2D eigenvalue weighted by atomic mass is 16.5. The summed E-state index contributed by atoms with van der Waals surface area (Å²) in [6.07, 6.45) is 0.381. The zero-order valence-corrected chi connectivity index (χ0v) is 13.6. The molecule has 0 bridgehead atoms. The van der Waals surface area contributed by atoms with Crippen molar-refractivity contribution in [3.63, 3.8) is 0 Å². The van der Waals surface area contributed by atoms with E-state index in [1.807, 2.05) is 6.07 Å². The Morgan fingerprint density at radius 2 is 2.00 bits per heavy atom. The van der Waals surface area contributed by atoms with Crippen molar-refractivity contribution in [3.8, 4) is 17.6 Å². The van der Waals surface area contributed by atoms with Gasteiger partial charge in [0, 0.05) is 6.07 Å². The second-order valence-corrected chi connectivity index (χ2v) is 4.99. The number of esters is 1. The number of hydrogen-bond acceptors (Lipinski definition) is 6. The number of nitrogens with one attached hydrogen (secondary N) is 1. The highest BCUT2D eigenvalue weighted by molar-refractivity contribution is 5.88. The summed E-state index contributed by atoms with van der Waals surface area (Å²) >= 11 is 0. The summed E-state index contributed by atoms with van der Waals surface area (Å²) in [6.45, 7) is 3.05. The molecule has 0 saturated carbocycles. The third-order valence-corrected chi connectivity index (χ3v) is 3.41. The Kier molecular flexibility index (Phi) is 6.39. The molecule has 1 N–H and O–H groups in total. The van der Waals surface area contributed by atoms with Crippen molar-refractivity contribution in [2.45, 2.75) is 25.8 Å². The number of benzene rings is 1. The van der Waals surface area contributed by atoms with Crippen LogP contribution in [0.15, 0.2) is 18.2 Å². The van der Waals surface area contributed by atoms with Crippen LogP contribution in [0.2, 0.25) is 0 Å². The topological polar surface area (TPSA) is 97.6 Å². The maximum atomic E-state index is 12.0. The molecule has 0 fully saturated rings. The third-order valence-electron chi connectivity index (χ3n) is 3.41. The van der Waals surface area contributed by atoms with Crippen molar-refractivity contribution in [2.24, 2.45) is 0 Å². The first kappa shape index (κ1) is 18.3. The lowest BCUT2D eigenvalue weighted by molar-refractivity contribution is -0.150. The quantitative estimate of drug-likeness (QED) is 0.763. The first-order chi connectivity index (χ1) is 10.9. The Morgan fingerprint density at radius 1 is 1.30 bits per heavy atom. The van der Waals surface area contributed by atoms with Gasteiger partial charge in [-0.1, -0.05) is 6.92 Å². The molecule has 1 rings (SSSR count). The number of methoxy groups -OCH3 is 2. The summed E-state index contributed by atoms with van der Waals surface area (Å²) in [4.78, 5) is 23.7. The largest absolute Gasteiger partial charge is 0.493 e. The highest BCUT2D eigenvalue weighted by Crippen LogP contribution is 2.27. The molecule has 1 unspecified atom stereocenters. The van der Waals surface area contributed by atoms with Gasteiger partial charge in [-0.3, -0.25) is 4.79 Å². The lowest BCUT2D eigenvalue weighted by Crippen LogP contribution is -2.53. The average molecular weight is 320 g/mol. The minimum atomic E-state index is -1.11. The van der Waals surface area contributed by atoms with Gasteiger partial charge in [-0.25, -0.2) is 4.79 Å². The Bertz CT molecular complexity index is 623. The number of nitrogens with zero attached hydrogens (tertiary/aromatic N) is 1. The Morgan fingerprint density at radius 3 is 2.52 bits per heavy atom. The van der Waals surface area contributed by atoms with Crippen molar-refractivity contribution in [1.82, 2.24) is 5.32 Å². The van der Waals surface area contributed by atoms with Gasteiger partial charge in [0.05, 0.1) is 25.9 Å². The molecule has 1 aromatic carbocycles. The van der Waals surface area contributed by atoms with E-state index in [2.05, 4.69) is 10.1 Å². The van der Waals surface area contributed by atoms with Gasteiger partial charge in [0.2, 0.25) is 0 Å². The molecular weight excluding hydrogens is 300 g/mol. The zero-order valence-electron chi connectivity index (χ0n) is 13.6. The number of carbonyl (C=O) groups is 2. The molecule has 23 heavy (non-hydrogen) atoms. The van der Waals surface area contributed by atoms with Crippen molar-refractivity contribution in [2.75, 3.05) is 20.8 Å². The summed E-state index contributed by atoms with van der Waals surface area (Å²) in [5.41, 5.74) is -0.688. The molecule has 0 aliphatic rings. The second kappa shape index (κ2) is 8.03. The van der Waals surface area contributed by atoms with Gasteiger partial charge in [-0.15, -0.1) is 0 Å². The van der Waals surface area contributed by atoms with Crippen LogP contribution in [-0.2, 0) is 14.3 Å². The Balaban J connectivity index is 2.73. The van der Waals surface area contributed by atoms with E-state index in [1.165, 1.54) is 20.3 Å². The van der Waals surface area contributed by atoms with Crippen LogP contribution in [0.25, 0.3) is 0 Å². The molecule has 0 aromatic heterocycles. The van der Waals surface area contributed by atoms with Crippen molar-refractivity contribution < 1.29 is 23.8 Å². The Hall–Kier alpha value is -2.75. The normalized spacial score (nSPS) is 12.5. The van der Waals surface area contributed by atoms with Crippen LogP contribution in [0.5, 0.6) is 11.5 Å². The van der Waals surface area contributed by atoms with Gasteiger partial charge in [-0.05, 0) is 25.5 Å². The fourth-order valence-electron chi connectivity index (χ4n) is 1.85. The van der Waals surface area contributed by atoms with Crippen LogP contribution >= 0.6 is 0 Å². The molecule has 0 saturated heterocycles. The molecule has 0 spiro atoms. The van der Waals surface area contributed by atoms with Gasteiger partial charge in [-0.2, -0.15) is 5.26 Å². The van der Waals surface area contributed by atoms with E-state index in [9.17, 15) is 9.59 Å². The SMILES string of the molecule is CCC(C)(NC(=O)COc1ccc(C#N)cc1OC)C(=O)OC. The molecule has 124 valence electrons. The maximum Gasteiger partial charge on any atom is 0.331 e. The minimum Gasteiger partial charge on any atom is -0.493 e. The average Bonchev–Trinajstić information content (AvgIpc) is 2.58. The van der Waals surface area contributed by atoms with Gasteiger partial charge in [0.25, 0.3) is 5.91 Å². The van der Waals surface area contributed by atoms with Gasteiger partial charge in [0.1, 0.15) is 5.54 Å². The van der Waals surface area contributed by atoms with Crippen LogP contribution in [0, 0.1) is 11.3 Å². The maximum absolute atomic E-state index is 12.0. The number of hydrogen-bond donors (Lipinski definition) is 1. The molecule has 0 aliphatic heterocycles. The van der Waals surface area contributed by atoms with Gasteiger partial charge >= 0.3 is 5.97 Å². The van der Waals surface area contributed by atoms with E-state index in [4.69, 9.17) is 14.7 Å². The van der Waals surface area contributed by atoms with E-state index < -0.39 is 17.4 Å². The summed E-state index contributed by atoms with van der Waals surface area (Å²) in [5.74, 6) is -0.309. The summed E-state index contributed by atoms with van der Waals surface area (Å²) in [6, 6.07) is 6.60. The molecule has 0 aliphatic carbocycles. The smallest absolute Gasteiger partial charge is 0.331 e. The molecule has 1 atom stereocenters. The summed E-state index contributed by atoms with van der Waals surface area (Å²) in [5, 5.41) is 11.4. The van der Waals surface area contributed by atoms with Crippen LogP contribution in [0.4, 0.5) is 0 Å². The molecule has 0 radical (unpaired) electrons. The monoisotopic (exact) mass is 320 g/mol. The van der Waals surface area contributed by atoms with E-state index in [-0.39, 0.29) is 6.61 Å². The lowest BCUT2D eigenvalue weighted by atomic mass is 9.99. The molecular formula is C16H20N2O5. The zero-order chi connectivity index (χ0) is 17.5. The predicted molar refractivity (Wildman–Crippen MR) is 82.1 cm³/mol. The number of carbonyl (C=O) groups excluding carboxylic acids is 2. The molecule has 0 heterocycles. The van der Waals surface area contributed by atoms with Gasteiger partial charge < -0.3 is 19.5 Å². The summed E-state index contributed by atoms with van der Waals surface area (Å²) < 4.78 is 15.2. The highest BCUT2D eigenvalue weighted by Gasteiger charge is 2.34. The van der Waals surface area contributed by atoms with Crippen molar-refractivity contribution in [1.29, 1.82) is 5.26 Å². The standard InChI is InChI=1S/C16H20N2O5/c1-5-16(2,15(20)22-4)18-14(19)10-23-12-7-6-11(9-17)8-13(12)21-3/h6-8H,5,10H2,1-4H3,(H,18,19). The lowest BCUT2D eigenvalue weighted by Gasteiger charge is -2.26. The third kappa shape index (κ3) is 4.61. The fraction of sp³-hybridized carbons (Fsp3) is 0.438. The number of rotatable bonds is 7. The molecule has 1 amide bonds. The first-order valence-electron chi connectivity index (χ1n) is 7.00. The van der Waals surface area contributed by atoms with Crippen LogP contribution < -0.4 is 14.8 Å². The van der Waals surface area contributed by atoms with E-state index in [0.29, 0.717) is 23.5 Å². The first-order valence-corrected chi connectivity index (χ1v) is 7.00. The van der Waals surface area contributed by atoms with Gasteiger partial charge in [0.15, 0.2) is 18.1 Å². The summed E-state index contributed by atoms with van der Waals surface area (Å²) in [7, 11) is 2.70. The minimum absolute atomic E-state index is 0.297. The number of ether oxygens (including phenoxy) is 3. The number of nitriles is 1. The fourth-order valence-corrected chi connectivity index (χ4v) is 1.85. The number of amides is 1. The van der Waals surface area contributed by atoms with Crippen molar-refractivity contribution in [3.05, 3.63) is 23.8 Å². The molecule has 1 aromatic rings.